The minimum atomic E-state index is -0.476. The van der Waals surface area contributed by atoms with Crippen molar-refractivity contribution in [3.05, 3.63) is 0 Å². The van der Waals surface area contributed by atoms with Crippen LogP contribution in [0.2, 0.25) is 0 Å². The summed E-state index contributed by atoms with van der Waals surface area (Å²) in [6.45, 7) is 6.64. The lowest BCUT2D eigenvalue weighted by Gasteiger charge is -2.38. The van der Waals surface area contributed by atoms with Gasteiger partial charge in [-0.25, -0.2) is 0 Å². The highest BCUT2D eigenvalue weighted by molar-refractivity contribution is 5.91. The van der Waals surface area contributed by atoms with Gasteiger partial charge in [0.15, 0.2) is 0 Å². The minimum Gasteiger partial charge on any atom is -0.465 e. The molecule has 0 saturated carbocycles. The summed E-state index contributed by atoms with van der Waals surface area (Å²) in [5.41, 5.74) is -0.422. The Morgan fingerprint density at radius 3 is 2.33 bits per heavy atom. The lowest BCUT2D eigenvalue weighted by Crippen LogP contribution is -2.41. The molecule has 1 heterocycles. The number of hydrogen-bond donors (Lipinski definition) is 0. The van der Waals surface area contributed by atoms with E-state index in [2.05, 4.69) is 20.8 Å². The van der Waals surface area contributed by atoms with Crippen LogP contribution in [0.3, 0.4) is 0 Å². The van der Waals surface area contributed by atoms with E-state index in [0.717, 1.165) is 32.1 Å². The van der Waals surface area contributed by atoms with E-state index < -0.39 is 17.5 Å². The van der Waals surface area contributed by atoms with E-state index in [1.165, 1.54) is 0 Å². The normalized spacial score (nSPS) is 24.5. The quantitative estimate of drug-likeness (QED) is 0.573. The second kappa shape index (κ2) is 6.76. The highest BCUT2D eigenvalue weighted by Gasteiger charge is 2.39. The van der Waals surface area contributed by atoms with Crippen LogP contribution >= 0.6 is 0 Å². The first-order chi connectivity index (χ1) is 8.54. The molecule has 104 valence electrons. The fraction of sp³-hybridized carbons (Fsp3) is 0.857. The molecule has 0 aliphatic carbocycles. The van der Waals surface area contributed by atoms with E-state index >= 15 is 0 Å². The Labute approximate surface area is 109 Å². The van der Waals surface area contributed by atoms with Crippen LogP contribution in [0.4, 0.5) is 0 Å². The molecule has 1 unspecified atom stereocenters. The van der Waals surface area contributed by atoms with Gasteiger partial charge in [0.05, 0.1) is 6.61 Å². The van der Waals surface area contributed by atoms with E-state index in [-0.39, 0.29) is 12.3 Å². The number of cyclic esters (lactones) is 2. The van der Waals surface area contributed by atoms with Gasteiger partial charge >= 0.3 is 11.9 Å². The van der Waals surface area contributed by atoms with Gasteiger partial charge in [-0.3, -0.25) is 9.59 Å². The summed E-state index contributed by atoms with van der Waals surface area (Å²) in [6, 6.07) is 0. The molecule has 0 spiro atoms. The van der Waals surface area contributed by atoms with Crippen LogP contribution in [0.5, 0.6) is 0 Å². The summed E-state index contributed by atoms with van der Waals surface area (Å²) >= 11 is 0. The van der Waals surface area contributed by atoms with Crippen molar-refractivity contribution in [2.24, 2.45) is 5.92 Å². The average Bonchev–Trinajstić information content (AvgIpc) is 2.32. The topological polar surface area (TPSA) is 52.6 Å². The van der Waals surface area contributed by atoms with Gasteiger partial charge in [0.25, 0.3) is 0 Å². The molecule has 0 aromatic carbocycles. The first kappa shape index (κ1) is 15.0. The van der Waals surface area contributed by atoms with Gasteiger partial charge in [0.1, 0.15) is 12.0 Å². The van der Waals surface area contributed by atoms with Crippen molar-refractivity contribution in [1.29, 1.82) is 0 Å². The number of hydrogen-bond acceptors (Lipinski definition) is 4. The summed E-state index contributed by atoms with van der Waals surface area (Å²) in [5.74, 6) is -0.709. The number of carbonyl (C=O) groups excluding carboxylic acids is 2. The molecule has 0 aromatic heterocycles. The van der Waals surface area contributed by atoms with Crippen LogP contribution in [-0.4, -0.2) is 24.1 Å². The van der Waals surface area contributed by atoms with Crippen LogP contribution in [0, 0.1) is 5.92 Å². The Hall–Kier alpha value is -1.06. The average molecular weight is 256 g/mol. The predicted molar refractivity (Wildman–Crippen MR) is 68.0 cm³/mol. The Bertz CT molecular complexity index is 292. The summed E-state index contributed by atoms with van der Waals surface area (Å²) in [5, 5.41) is 0. The van der Waals surface area contributed by atoms with Crippen LogP contribution in [0.1, 0.15) is 59.3 Å². The molecule has 0 N–H and O–H groups in total. The van der Waals surface area contributed by atoms with E-state index in [4.69, 9.17) is 9.47 Å². The fourth-order valence-corrected chi connectivity index (χ4v) is 2.71. The van der Waals surface area contributed by atoms with Gasteiger partial charge in [-0.2, -0.15) is 0 Å². The van der Waals surface area contributed by atoms with Crippen molar-refractivity contribution >= 4 is 11.9 Å². The maximum absolute atomic E-state index is 11.8. The van der Waals surface area contributed by atoms with Crippen molar-refractivity contribution in [3.8, 4) is 0 Å². The molecule has 18 heavy (non-hydrogen) atoms. The molecular formula is C14H24O4. The van der Waals surface area contributed by atoms with Crippen molar-refractivity contribution in [1.82, 2.24) is 0 Å². The number of carbonyl (C=O) groups is 2. The zero-order valence-electron chi connectivity index (χ0n) is 11.7. The molecule has 1 aliphatic rings. The van der Waals surface area contributed by atoms with Crippen molar-refractivity contribution in [3.63, 3.8) is 0 Å². The summed E-state index contributed by atoms with van der Waals surface area (Å²) in [6.07, 6.45) is 4.11. The van der Waals surface area contributed by atoms with Gasteiger partial charge in [0, 0.05) is 0 Å². The SMILES string of the molecule is CCCC1(CCC)OC(=O)CC(=O)OCCC1C. The predicted octanol–water partition coefficient (Wildman–Crippen LogP) is 2.84. The molecule has 1 fully saturated rings. The van der Waals surface area contributed by atoms with Crippen LogP contribution < -0.4 is 0 Å². The standard InChI is InChI=1S/C14H24O4/c1-4-7-14(8-5-2)11(3)6-9-17-12(15)10-13(16)18-14/h11H,4-10H2,1-3H3. The Morgan fingerprint density at radius 2 is 1.78 bits per heavy atom. The molecule has 1 aliphatic heterocycles. The number of rotatable bonds is 4. The molecule has 1 rings (SSSR count). The highest BCUT2D eigenvalue weighted by Crippen LogP contribution is 2.35. The van der Waals surface area contributed by atoms with Crippen LogP contribution in [0.15, 0.2) is 0 Å². The summed E-state index contributed by atoms with van der Waals surface area (Å²) in [7, 11) is 0. The maximum Gasteiger partial charge on any atom is 0.317 e. The lowest BCUT2D eigenvalue weighted by atomic mass is 9.79. The second-order valence-electron chi connectivity index (χ2n) is 5.13. The molecule has 0 radical (unpaired) electrons. The van der Waals surface area contributed by atoms with E-state index in [1.54, 1.807) is 0 Å². The third kappa shape index (κ3) is 3.72. The molecule has 4 heteroatoms. The maximum atomic E-state index is 11.8. The monoisotopic (exact) mass is 256 g/mol. The van der Waals surface area contributed by atoms with Gasteiger partial charge in [-0.1, -0.05) is 33.6 Å². The van der Waals surface area contributed by atoms with Crippen molar-refractivity contribution < 1.29 is 19.1 Å². The highest BCUT2D eigenvalue weighted by atomic mass is 16.6. The Kier molecular flexibility index (Phi) is 5.63. The van der Waals surface area contributed by atoms with Crippen molar-refractivity contribution in [2.75, 3.05) is 6.61 Å². The van der Waals surface area contributed by atoms with Gasteiger partial charge in [0.2, 0.25) is 0 Å². The minimum absolute atomic E-state index is 0.215. The molecule has 0 aromatic rings. The van der Waals surface area contributed by atoms with E-state index in [0.29, 0.717) is 6.61 Å². The second-order valence-corrected chi connectivity index (χ2v) is 5.13. The molecule has 1 saturated heterocycles. The Morgan fingerprint density at radius 1 is 1.17 bits per heavy atom. The molecule has 0 amide bonds. The molecule has 4 nitrogen and oxygen atoms in total. The zero-order chi connectivity index (χ0) is 13.6. The first-order valence-electron chi connectivity index (χ1n) is 6.91. The third-order valence-electron chi connectivity index (χ3n) is 3.66. The number of ether oxygens (including phenoxy) is 2. The fourth-order valence-electron chi connectivity index (χ4n) is 2.71. The van der Waals surface area contributed by atoms with Gasteiger partial charge < -0.3 is 9.47 Å². The van der Waals surface area contributed by atoms with E-state index in [9.17, 15) is 9.59 Å². The van der Waals surface area contributed by atoms with Crippen molar-refractivity contribution in [2.45, 2.75) is 64.9 Å². The van der Waals surface area contributed by atoms with E-state index in [1.807, 2.05) is 0 Å². The van der Waals surface area contributed by atoms with Crippen LogP contribution in [0.25, 0.3) is 0 Å². The first-order valence-corrected chi connectivity index (χ1v) is 6.91. The largest absolute Gasteiger partial charge is 0.465 e. The Balaban J connectivity index is 2.92. The van der Waals surface area contributed by atoms with Gasteiger partial charge in [-0.05, 0) is 25.2 Å². The molecule has 0 bridgehead atoms. The number of esters is 2. The third-order valence-corrected chi connectivity index (χ3v) is 3.66. The smallest absolute Gasteiger partial charge is 0.317 e. The zero-order valence-corrected chi connectivity index (χ0v) is 11.7. The molecule has 1 atom stereocenters. The van der Waals surface area contributed by atoms with Crippen LogP contribution in [-0.2, 0) is 19.1 Å². The summed E-state index contributed by atoms with van der Waals surface area (Å²) in [4.78, 5) is 23.1. The van der Waals surface area contributed by atoms with Gasteiger partial charge in [-0.15, -0.1) is 0 Å². The lowest BCUT2D eigenvalue weighted by molar-refractivity contribution is -0.169. The molecular weight excluding hydrogens is 232 g/mol. The summed E-state index contributed by atoms with van der Waals surface area (Å²) < 4.78 is 10.7.